The van der Waals surface area contributed by atoms with Crippen LogP contribution in [0.3, 0.4) is 0 Å². The van der Waals surface area contributed by atoms with Gasteiger partial charge in [-0.15, -0.1) is 0 Å². The van der Waals surface area contributed by atoms with E-state index in [1.165, 1.54) is 0 Å². The molecule has 0 aliphatic heterocycles. The molecule has 6 heteroatoms. The third kappa shape index (κ3) is 4.51. The van der Waals surface area contributed by atoms with E-state index < -0.39 is 0 Å². The van der Waals surface area contributed by atoms with Crippen molar-refractivity contribution >= 4 is 21.7 Å². The van der Waals surface area contributed by atoms with E-state index in [1.807, 2.05) is 6.92 Å². The highest BCUT2D eigenvalue weighted by Gasteiger charge is 2.11. The average molecular weight is 318 g/mol. The minimum Gasteiger partial charge on any atom is -0.378 e. The van der Waals surface area contributed by atoms with Gasteiger partial charge in [0.1, 0.15) is 12.4 Å². The Balaban J connectivity index is 2.94. The lowest BCUT2D eigenvalue weighted by Gasteiger charge is -2.12. The molecule has 1 heterocycles. The fourth-order valence-corrected chi connectivity index (χ4v) is 1.83. The fraction of sp³-hybridized carbons (Fsp3) is 0.667. The van der Waals surface area contributed by atoms with Gasteiger partial charge in [0.2, 0.25) is 0 Å². The Morgan fingerprint density at radius 2 is 2.00 bits per heavy atom. The summed E-state index contributed by atoms with van der Waals surface area (Å²) in [4.78, 5) is 8.86. The third-order valence-corrected chi connectivity index (χ3v) is 3.06. The van der Waals surface area contributed by atoms with E-state index in [1.54, 1.807) is 7.11 Å². The van der Waals surface area contributed by atoms with E-state index in [-0.39, 0.29) is 0 Å². The minimum absolute atomic E-state index is 0.418. The van der Waals surface area contributed by atoms with E-state index in [9.17, 15) is 0 Å². The quantitative estimate of drug-likeness (QED) is 0.799. The number of aromatic nitrogens is 2. The van der Waals surface area contributed by atoms with E-state index in [0.29, 0.717) is 25.6 Å². The highest BCUT2D eigenvalue weighted by Crippen LogP contribution is 2.24. The molecule has 0 spiro atoms. The van der Waals surface area contributed by atoms with Crippen molar-refractivity contribution in [2.45, 2.75) is 33.5 Å². The van der Waals surface area contributed by atoms with Crippen LogP contribution in [0.4, 0.5) is 5.82 Å². The Morgan fingerprint density at radius 3 is 2.61 bits per heavy atom. The molecule has 0 saturated carbocycles. The summed E-state index contributed by atoms with van der Waals surface area (Å²) in [6, 6.07) is 0. The SMILES string of the molecule is CCCNc1nc(COCC)nc(COC)c1Br. The summed E-state index contributed by atoms with van der Waals surface area (Å²) >= 11 is 3.51. The van der Waals surface area contributed by atoms with Crippen LogP contribution in [0.2, 0.25) is 0 Å². The van der Waals surface area contributed by atoms with Crippen LogP contribution in [0.1, 0.15) is 31.8 Å². The lowest BCUT2D eigenvalue weighted by atomic mass is 10.3. The molecule has 1 rings (SSSR count). The Labute approximate surface area is 116 Å². The van der Waals surface area contributed by atoms with E-state index >= 15 is 0 Å². The number of rotatable bonds is 8. The standard InChI is InChI=1S/C12H20BrN3O2/c1-4-6-14-12-11(13)9(7-17-3)15-10(16-12)8-18-5-2/h4-8H2,1-3H3,(H,14,15,16). The zero-order valence-corrected chi connectivity index (χ0v) is 12.7. The molecule has 0 unspecified atom stereocenters. The number of methoxy groups -OCH3 is 1. The van der Waals surface area contributed by atoms with Gasteiger partial charge in [-0.3, -0.25) is 0 Å². The molecule has 1 aromatic heterocycles. The molecule has 0 aromatic carbocycles. The predicted molar refractivity (Wildman–Crippen MR) is 74.6 cm³/mol. The zero-order chi connectivity index (χ0) is 13.4. The lowest BCUT2D eigenvalue weighted by molar-refractivity contribution is 0.127. The average Bonchev–Trinajstić information content (AvgIpc) is 2.38. The van der Waals surface area contributed by atoms with Gasteiger partial charge in [0.15, 0.2) is 5.82 Å². The van der Waals surface area contributed by atoms with Gasteiger partial charge in [-0.2, -0.15) is 0 Å². The van der Waals surface area contributed by atoms with Crippen LogP contribution in [0.5, 0.6) is 0 Å². The van der Waals surface area contributed by atoms with Crippen LogP contribution in [-0.2, 0) is 22.7 Å². The molecule has 18 heavy (non-hydrogen) atoms. The van der Waals surface area contributed by atoms with Gasteiger partial charge in [-0.1, -0.05) is 6.92 Å². The highest BCUT2D eigenvalue weighted by atomic mass is 79.9. The molecule has 0 saturated heterocycles. The largest absolute Gasteiger partial charge is 0.378 e. The molecule has 0 fully saturated rings. The van der Waals surface area contributed by atoms with Crippen molar-refractivity contribution in [3.63, 3.8) is 0 Å². The normalized spacial score (nSPS) is 10.7. The van der Waals surface area contributed by atoms with Crippen molar-refractivity contribution < 1.29 is 9.47 Å². The Hall–Kier alpha value is -0.720. The van der Waals surface area contributed by atoms with Crippen LogP contribution in [0, 0.1) is 0 Å². The van der Waals surface area contributed by atoms with Crippen molar-refractivity contribution in [3.8, 4) is 0 Å². The first kappa shape index (κ1) is 15.3. The number of ether oxygens (including phenoxy) is 2. The summed E-state index contributed by atoms with van der Waals surface area (Å²) in [5, 5.41) is 3.27. The van der Waals surface area contributed by atoms with Crippen LogP contribution < -0.4 is 5.32 Å². The number of nitrogens with zero attached hydrogens (tertiary/aromatic N) is 2. The number of hydrogen-bond acceptors (Lipinski definition) is 5. The van der Waals surface area contributed by atoms with E-state index in [2.05, 4.69) is 38.1 Å². The fourth-order valence-electron chi connectivity index (χ4n) is 1.40. The summed E-state index contributed by atoms with van der Waals surface area (Å²) in [6.07, 6.45) is 1.04. The van der Waals surface area contributed by atoms with Gasteiger partial charge in [0.05, 0.1) is 16.8 Å². The molecule has 0 aliphatic rings. The van der Waals surface area contributed by atoms with E-state index in [0.717, 1.165) is 29.0 Å². The van der Waals surface area contributed by atoms with Crippen molar-refractivity contribution in [3.05, 3.63) is 16.0 Å². The Bertz CT molecular complexity index is 375. The van der Waals surface area contributed by atoms with Crippen molar-refractivity contribution in [1.29, 1.82) is 0 Å². The van der Waals surface area contributed by atoms with Crippen molar-refractivity contribution in [2.75, 3.05) is 25.6 Å². The molecule has 1 aromatic rings. The Kier molecular flexibility index (Phi) is 7.15. The number of hydrogen-bond donors (Lipinski definition) is 1. The summed E-state index contributed by atoms with van der Waals surface area (Å²) in [5.41, 5.74) is 0.834. The first-order valence-corrected chi connectivity index (χ1v) is 6.88. The van der Waals surface area contributed by atoms with E-state index in [4.69, 9.17) is 9.47 Å². The van der Waals surface area contributed by atoms with Crippen LogP contribution >= 0.6 is 15.9 Å². The number of anilines is 1. The molecule has 5 nitrogen and oxygen atoms in total. The number of nitrogens with one attached hydrogen (secondary N) is 1. The molecular weight excluding hydrogens is 298 g/mol. The molecule has 0 amide bonds. The first-order chi connectivity index (χ1) is 8.72. The monoisotopic (exact) mass is 317 g/mol. The summed E-state index contributed by atoms with van der Waals surface area (Å²) in [7, 11) is 1.65. The van der Waals surface area contributed by atoms with Gasteiger partial charge in [0, 0.05) is 20.3 Å². The second-order valence-electron chi connectivity index (χ2n) is 3.75. The highest BCUT2D eigenvalue weighted by molar-refractivity contribution is 9.10. The molecule has 0 bridgehead atoms. The second-order valence-corrected chi connectivity index (χ2v) is 4.54. The second kappa shape index (κ2) is 8.39. The predicted octanol–water partition coefficient (Wildman–Crippen LogP) is 2.74. The summed E-state index contributed by atoms with van der Waals surface area (Å²) in [6.45, 7) is 6.45. The number of halogens is 1. The summed E-state index contributed by atoms with van der Waals surface area (Å²) in [5.74, 6) is 1.47. The third-order valence-electron chi connectivity index (χ3n) is 2.22. The maximum Gasteiger partial charge on any atom is 0.156 e. The van der Waals surface area contributed by atoms with Crippen molar-refractivity contribution in [1.82, 2.24) is 9.97 Å². The van der Waals surface area contributed by atoms with Gasteiger partial charge in [-0.05, 0) is 29.3 Å². The Morgan fingerprint density at radius 1 is 1.22 bits per heavy atom. The molecule has 102 valence electrons. The molecule has 0 radical (unpaired) electrons. The minimum atomic E-state index is 0.418. The van der Waals surface area contributed by atoms with Gasteiger partial charge < -0.3 is 14.8 Å². The topological polar surface area (TPSA) is 56.3 Å². The lowest BCUT2D eigenvalue weighted by Crippen LogP contribution is -2.10. The summed E-state index contributed by atoms with van der Waals surface area (Å²) < 4.78 is 11.3. The van der Waals surface area contributed by atoms with Crippen molar-refractivity contribution in [2.24, 2.45) is 0 Å². The zero-order valence-electron chi connectivity index (χ0n) is 11.1. The van der Waals surface area contributed by atoms with Gasteiger partial charge in [-0.25, -0.2) is 9.97 Å². The van der Waals surface area contributed by atoms with Gasteiger partial charge >= 0.3 is 0 Å². The smallest absolute Gasteiger partial charge is 0.156 e. The maximum atomic E-state index is 5.34. The maximum absolute atomic E-state index is 5.34. The molecule has 1 N–H and O–H groups in total. The van der Waals surface area contributed by atoms with Crippen LogP contribution in [-0.4, -0.2) is 30.2 Å². The van der Waals surface area contributed by atoms with Crippen LogP contribution in [0.15, 0.2) is 4.47 Å². The molecule has 0 atom stereocenters. The molecular formula is C12H20BrN3O2. The first-order valence-electron chi connectivity index (χ1n) is 6.08. The molecule has 0 aliphatic carbocycles. The van der Waals surface area contributed by atoms with Gasteiger partial charge in [0.25, 0.3) is 0 Å². The van der Waals surface area contributed by atoms with Crippen LogP contribution in [0.25, 0.3) is 0 Å².